The van der Waals surface area contributed by atoms with Crippen LogP contribution in [0.1, 0.15) is 63.4 Å². The highest BCUT2D eigenvalue weighted by Crippen LogP contribution is 2.35. The van der Waals surface area contributed by atoms with E-state index < -0.39 is 0 Å². The number of hydrogen-bond donors (Lipinski definition) is 1. The molecule has 3 heterocycles. The van der Waals surface area contributed by atoms with Crippen molar-refractivity contribution < 1.29 is 9.53 Å². The number of rotatable bonds is 4. The molecular weight excluding hydrogens is 390 g/mol. The molecule has 2 aromatic heterocycles. The Morgan fingerprint density at radius 1 is 1.39 bits per heavy atom. The molecule has 2 atom stereocenters. The van der Waals surface area contributed by atoms with Crippen LogP contribution in [0.15, 0.2) is 24.4 Å². The van der Waals surface area contributed by atoms with E-state index in [0.29, 0.717) is 12.2 Å². The van der Waals surface area contributed by atoms with Gasteiger partial charge in [0.25, 0.3) is 0 Å². The molecule has 2 aliphatic rings. The molecule has 1 aliphatic carbocycles. The molecule has 1 aromatic carbocycles. The molecule has 5 rings (SSSR count). The van der Waals surface area contributed by atoms with Gasteiger partial charge in [-0.05, 0) is 64.2 Å². The maximum atomic E-state index is 12.9. The molecule has 7 heteroatoms. The Morgan fingerprint density at radius 3 is 2.94 bits per heavy atom. The van der Waals surface area contributed by atoms with Gasteiger partial charge >= 0.3 is 0 Å². The standard InChI is InChI=1S/C24H27N5O2/c1-15-10-17(6-9-31-15)29-21(12-22(30)28-24(2)7-3-8-24)27-20-14-26-19-5-4-16(13-25)11-18(19)23(20)29/h4-5,11,14-15,17H,3,6-10,12H2,1-2H3,(H,28,30)/t15-,17-/m1/s1. The fourth-order valence-corrected chi connectivity index (χ4v) is 4.98. The van der Waals surface area contributed by atoms with Gasteiger partial charge in [-0.3, -0.25) is 9.78 Å². The molecule has 3 aromatic rings. The van der Waals surface area contributed by atoms with E-state index in [0.717, 1.165) is 59.9 Å². The van der Waals surface area contributed by atoms with Gasteiger partial charge in [-0.2, -0.15) is 5.26 Å². The summed E-state index contributed by atoms with van der Waals surface area (Å²) in [7, 11) is 0. The quantitative estimate of drug-likeness (QED) is 0.697. The Hall–Kier alpha value is -2.98. The van der Waals surface area contributed by atoms with Gasteiger partial charge in [0.15, 0.2) is 0 Å². The highest BCUT2D eigenvalue weighted by Gasteiger charge is 2.34. The summed E-state index contributed by atoms with van der Waals surface area (Å²) in [5.41, 5.74) is 3.05. The third-order valence-corrected chi connectivity index (χ3v) is 6.76. The molecule has 2 fully saturated rings. The topological polar surface area (TPSA) is 92.8 Å². The molecule has 1 saturated carbocycles. The Morgan fingerprint density at radius 2 is 2.23 bits per heavy atom. The molecule has 0 spiro atoms. The van der Waals surface area contributed by atoms with Crippen LogP contribution in [-0.4, -0.2) is 38.7 Å². The van der Waals surface area contributed by atoms with Gasteiger partial charge in [0.05, 0.1) is 41.4 Å². The minimum atomic E-state index is -0.0862. The summed E-state index contributed by atoms with van der Waals surface area (Å²) in [5, 5.41) is 13.5. The zero-order valence-electron chi connectivity index (χ0n) is 18.0. The Labute approximate surface area is 181 Å². The second-order valence-electron chi connectivity index (χ2n) is 9.23. The van der Waals surface area contributed by atoms with Crippen molar-refractivity contribution in [2.75, 3.05) is 6.61 Å². The van der Waals surface area contributed by atoms with Crippen molar-refractivity contribution in [3.8, 4) is 6.07 Å². The van der Waals surface area contributed by atoms with Crippen molar-refractivity contribution >= 4 is 27.8 Å². The average Bonchev–Trinajstić information content (AvgIpc) is 3.10. The van der Waals surface area contributed by atoms with E-state index in [9.17, 15) is 10.1 Å². The van der Waals surface area contributed by atoms with Gasteiger partial charge < -0.3 is 14.6 Å². The summed E-state index contributed by atoms with van der Waals surface area (Å²) in [6.45, 7) is 4.88. The number of pyridine rings is 1. The zero-order chi connectivity index (χ0) is 21.6. The number of amides is 1. The van der Waals surface area contributed by atoms with Gasteiger partial charge in [0.1, 0.15) is 11.3 Å². The number of nitrogens with one attached hydrogen (secondary N) is 1. The van der Waals surface area contributed by atoms with Gasteiger partial charge in [-0.15, -0.1) is 0 Å². The summed E-state index contributed by atoms with van der Waals surface area (Å²) >= 11 is 0. The van der Waals surface area contributed by atoms with Crippen molar-refractivity contribution in [2.45, 2.75) is 70.1 Å². The van der Waals surface area contributed by atoms with Crippen LogP contribution < -0.4 is 5.32 Å². The maximum Gasteiger partial charge on any atom is 0.228 e. The van der Waals surface area contributed by atoms with Crippen LogP contribution in [0.25, 0.3) is 21.9 Å². The number of carbonyl (C=O) groups excluding carboxylic acids is 1. The van der Waals surface area contributed by atoms with Crippen molar-refractivity contribution in [1.82, 2.24) is 19.9 Å². The number of benzene rings is 1. The molecule has 0 unspecified atom stereocenters. The number of nitrogens with zero attached hydrogens (tertiary/aromatic N) is 4. The van der Waals surface area contributed by atoms with Crippen molar-refractivity contribution in [3.05, 3.63) is 35.8 Å². The van der Waals surface area contributed by atoms with Crippen molar-refractivity contribution in [1.29, 1.82) is 5.26 Å². The highest BCUT2D eigenvalue weighted by molar-refractivity contribution is 6.03. The van der Waals surface area contributed by atoms with Crippen molar-refractivity contribution in [3.63, 3.8) is 0 Å². The number of aromatic nitrogens is 3. The van der Waals surface area contributed by atoms with Crippen LogP contribution in [0.2, 0.25) is 0 Å². The van der Waals surface area contributed by atoms with E-state index in [4.69, 9.17) is 9.72 Å². The van der Waals surface area contributed by atoms with Crippen molar-refractivity contribution in [2.24, 2.45) is 0 Å². The van der Waals surface area contributed by atoms with E-state index in [-0.39, 0.29) is 30.0 Å². The van der Waals surface area contributed by atoms with E-state index in [1.165, 1.54) is 0 Å². The second-order valence-corrected chi connectivity index (χ2v) is 9.23. The zero-order valence-corrected chi connectivity index (χ0v) is 18.0. The Kier molecular flexibility index (Phi) is 4.90. The van der Waals surface area contributed by atoms with E-state index in [2.05, 4.69) is 34.8 Å². The number of carbonyl (C=O) groups is 1. The summed E-state index contributed by atoms with van der Waals surface area (Å²) in [6, 6.07) is 7.95. The van der Waals surface area contributed by atoms with E-state index in [1.54, 1.807) is 12.3 Å². The van der Waals surface area contributed by atoms with Crippen LogP contribution in [0, 0.1) is 11.3 Å². The summed E-state index contributed by atoms with van der Waals surface area (Å²) in [6.07, 6.45) is 7.09. The lowest BCUT2D eigenvalue weighted by Crippen LogP contribution is -2.51. The first-order valence-corrected chi connectivity index (χ1v) is 11.1. The normalized spacial score (nSPS) is 22.7. The first-order chi connectivity index (χ1) is 15.0. The fraction of sp³-hybridized carbons (Fsp3) is 0.500. The summed E-state index contributed by atoms with van der Waals surface area (Å²) in [5.74, 6) is 0.764. The number of fused-ring (bicyclic) bond motifs is 3. The van der Waals surface area contributed by atoms with Crippen LogP contribution in [0.5, 0.6) is 0 Å². The maximum absolute atomic E-state index is 12.9. The largest absolute Gasteiger partial charge is 0.378 e. The number of ether oxygens (including phenoxy) is 1. The van der Waals surface area contributed by atoms with Gasteiger partial charge in [-0.25, -0.2) is 4.98 Å². The Bertz CT molecular complexity index is 1200. The van der Waals surface area contributed by atoms with E-state index in [1.807, 2.05) is 12.1 Å². The molecule has 31 heavy (non-hydrogen) atoms. The third-order valence-electron chi connectivity index (χ3n) is 6.76. The summed E-state index contributed by atoms with van der Waals surface area (Å²) in [4.78, 5) is 22.3. The first-order valence-electron chi connectivity index (χ1n) is 11.1. The summed E-state index contributed by atoms with van der Waals surface area (Å²) < 4.78 is 8.01. The first kappa shape index (κ1) is 20.0. The fourth-order valence-electron chi connectivity index (χ4n) is 4.98. The monoisotopic (exact) mass is 417 g/mol. The number of hydrogen-bond acceptors (Lipinski definition) is 5. The van der Waals surface area contributed by atoms with Crippen LogP contribution >= 0.6 is 0 Å². The average molecular weight is 418 g/mol. The highest BCUT2D eigenvalue weighted by atomic mass is 16.5. The molecule has 160 valence electrons. The molecule has 1 aliphatic heterocycles. The molecule has 7 nitrogen and oxygen atoms in total. The van der Waals surface area contributed by atoms with Gasteiger partial charge in [0.2, 0.25) is 5.91 Å². The minimum Gasteiger partial charge on any atom is -0.378 e. The number of imidazole rings is 1. The van der Waals surface area contributed by atoms with Gasteiger partial charge in [-0.1, -0.05) is 0 Å². The second kappa shape index (κ2) is 7.61. The van der Waals surface area contributed by atoms with Crippen LogP contribution in [0.3, 0.4) is 0 Å². The molecule has 1 amide bonds. The SMILES string of the molecule is C[C@@H]1C[C@H](n2c(CC(=O)NC3(C)CCC3)nc3cnc4ccc(C#N)cc4c32)CCO1. The predicted octanol–water partition coefficient (Wildman–Crippen LogP) is 3.80. The lowest BCUT2D eigenvalue weighted by molar-refractivity contribution is -0.123. The molecule has 1 saturated heterocycles. The molecule has 0 bridgehead atoms. The molecule has 1 N–H and O–H groups in total. The van der Waals surface area contributed by atoms with E-state index >= 15 is 0 Å². The molecule has 0 radical (unpaired) electrons. The lowest BCUT2D eigenvalue weighted by atomic mass is 9.78. The van der Waals surface area contributed by atoms with Crippen LogP contribution in [0.4, 0.5) is 0 Å². The van der Waals surface area contributed by atoms with Crippen LogP contribution in [-0.2, 0) is 16.0 Å². The lowest BCUT2D eigenvalue weighted by Gasteiger charge is -2.39. The number of nitriles is 1. The van der Waals surface area contributed by atoms with Gasteiger partial charge in [0, 0.05) is 23.6 Å². The third kappa shape index (κ3) is 3.66. The predicted molar refractivity (Wildman–Crippen MR) is 118 cm³/mol. The smallest absolute Gasteiger partial charge is 0.228 e. The Balaban J connectivity index is 1.63. The molecular formula is C24H27N5O2. The minimum absolute atomic E-state index is 0.00819.